The van der Waals surface area contributed by atoms with Crippen molar-refractivity contribution in [2.45, 2.75) is 13.8 Å². The maximum absolute atomic E-state index is 10.6. The summed E-state index contributed by atoms with van der Waals surface area (Å²) in [5.41, 5.74) is 0. The molecule has 0 aliphatic rings. The quantitative estimate of drug-likeness (QED) is 0.240. The Morgan fingerprint density at radius 1 is 1.00 bits per heavy atom. The zero-order valence-electron chi connectivity index (χ0n) is 9.13. The molecule has 92 valence electrons. The lowest BCUT2D eigenvalue weighted by atomic mass is 10.4. The topological polar surface area (TPSA) is 107 Å². The van der Waals surface area contributed by atoms with Crippen LogP contribution in [0.2, 0.25) is 0 Å². The summed E-state index contributed by atoms with van der Waals surface area (Å²) in [7, 11) is 0. The zero-order chi connectivity index (χ0) is 13.4. The fraction of sp³-hybridized carbons (Fsp3) is 0.200. The van der Waals surface area contributed by atoms with Gasteiger partial charge < -0.3 is 14.6 Å². The Balaban J connectivity index is 4.97. The molecule has 0 aliphatic heterocycles. The fourth-order valence-electron chi connectivity index (χ4n) is 0.725. The average molecular weight is 242 g/mol. The highest BCUT2D eigenvalue weighted by Crippen LogP contribution is 2.02. The van der Waals surface area contributed by atoms with Gasteiger partial charge in [0.25, 0.3) is 0 Å². The van der Waals surface area contributed by atoms with Gasteiger partial charge in [0, 0.05) is 13.8 Å². The molecule has 0 aliphatic carbocycles. The largest absolute Gasteiger partial charge is 0.475 e. The number of esters is 2. The van der Waals surface area contributed by atoms with Crippen molar-refractivity contribution in [3.05, 3.63) is 23.7 Å². The van der Waals surface area contributed by atoms with E-state index in [-0.39, 0.29) is 6.29 Å². The highest BCUT2D eigenvalue weighted by atomic mass is 16.6. The van der Waals surface area contributed by atoms with Crippen molar-refractivity contribution in [1.82, 2.24) is 0 Å². The van der Waals surface area contributed by atoms with Crippen molar-refractivity contribution in [2.24, 2.45) is 0 Å². The number of hydrogen-bond acceptors (Lipinski definition) is 6. The summed E-state index contributed by atoms with van der Waals surface area (Å²) in [4.78, 5) is 42.1. The number of aliphatic carboxylic acids is 1. The van der Waals surface area contributed by atoms with Crippen LogP contribution in [0.3, 0.4) is 0 Å². The van der Waals surface area contributed by atoms with Gasteiger partial charge in [-0.25, -0.2) is 4.79 Å². The van der Waals surface area contributed by atoms with Crippen molar-refractivity contribution in [1.29, 1.82) is 0 Å². The van der Waals surface area contributed by atoms with Crippen LogP contribution in [-0.2, 0) is 28.7 Å². The molecule has 0 aromatic carbocycles. The number of rotatable bonds is 5. The predicted octanol–water partition coefficient (Wildman–Crippen LogP) is 0.164. The maximum Gasteiger partial charge on any atom is 0.371 e. The van der Waals surface area contributed by atoms with E-state index in [2.05, 4.69) is 9.47 Å². The second-order valence-electron chi connectivity index (χ2n) is 2.71. The van der Waals surface area contributed by atoms with Gasteiger partial charge in [0.15, 0.2) is 12.0 Å². The molecule has 0 rings (SSSR count). The van der Waals surface area contributed by atoms with Gasteiger partial charge in [-0.3, -0.25) is 14.4 Å². The highest BCUT2D eigenvalue weighted by molar-refractivity contribution is 5.88. The second kappa shape index (κ2) is 6.94. The molecule has 7 heteroatoms. The van der Waals surface area contributed by atoms with Gasteiger partial charge in [0.2, 0.25) is 5.76 Å². The number of carboxylic acid groups (broad SMARTS) is 1. The highest BCUT2D eigenvalue weighted by Gasteiger charge is 2.10. The molecule has 0 fully saturated rings. The number of carboxylic acids is 1. The molecular weight excluding hydrogens is 232 g/mol. The smallest absolute Gasteiger partial charge is 0.371 e. The second-order valence-corrected chi connectivity index (χ2v) is 2.71. The van der Waals surface area contributed by atoms with Crippen molar-refractivity contribution < 1.29 is 33.8 Å². The Bertz CT molecular complexity index is 403. The first-order chi connectivity index (χ1) is 7.86. The van der Waals surface area contributed by atoms with E-state index in [9.17, 15) is 19.2 Å². The molecular formula is C10H10O7. The lowest BCUT2D eigenvalue weighted by Gasteiger charge is -2.00. The van der Waals surface area contributed by atoms with Crippen molar-refractivity contribution in [2.75, 3.05) is 0 Å². The van der Waals surface area contributed by atoms with E-state index in [0.717, 1.165) is 26.0 Å². The number of hydrogen-bond donors (Lipinski definition) is 1. The Hall–Kier alpha value is -2.44. The summed E-state index contributed by atoms with van der Waals surface area (Å²) in [6, 6.07) is 0. The number of ether oxygens (including phenoxy) is 2. The molecule has 0 amide bonds. The van der Waals surface area contributed by atoms with Crippen molar-refractivity contribution in [3.8, 4) is 0 Å². The number of carbonyl (C=O) groups is 4. The number of allylic oxidation sites excluding steroid dienone is 3. The van der Waals surface area contributed by atoms with Gasteiger partial charge in [-0.2, -0.15) is 0 Å². The third-order valence-electron chi connectivity index (χ3n) is 1.24. The van der Waals surface area contributed by atoms with Crippen LogP contribution in [0.15, 0.2) is 23.7 Å². The van der Waals surface area contributed by atoms with Gasteiger partial charge in [-0.05, 0) is 12.2 Å². The van der Waals surface area contributed by atoms with E-state index < -0.39 is 29.4 Å². The minimum atomic E-state index is -1.50. The molecule has 7 nitrogen and oxygen atoms in total. The summed E-state index contributed by atoms with van der Waals surface area (Å²) in [6.45, 7) is 2.10. The lowest BCUT2D eigenvalue weighted by Crippen LogP contribution is -2.08. The van der Waals surface area contributed by atoms with Crippen LogP contribution < -0.4 is 0 Å². The summed E-state index contributed by atoms with van der Waals surface area (Å²) in [5, 5.41) is 8.62. The lowest BCUT2D eigenvalue weighted by molar-refractivity contribution is -0.146. The first-order valence-electron chi connectivity index (χ1n) is 4.34. The predicted molar refractivity (Wildman–Crippen MR) is 53.4 cm³/mol. The minimum absolute atomic E-state index is 0.213. The molecule has 0 atom stereocenters. The van der Waals surface area contributed by atoms with Gasteiger partial charge >= 0.3 is 17.9 Å². The monoisotopic (exact) mass is 242 g/mol. The molecule has 0 spiro atoms. The summed E-state index contributed by atoms with van der Waals surface area (Å²) in [6.07, 6.45) is 1.95. The van der Waals surface area contributed by atoms with Crippen LogP contribution in [0.25, 0.3) is 0 Å². The zero-order valence-corrected chi connectivity index (χ0v) is 9.13. The third kappa shape index (κ3) is 6.61. The van der Waals surface area contributed by atoms with Crippen LogP contribution in [0.4, 0.5) is 0 Å². The van der Waals surface area contributed by atoms with Crippen LogP contribution in [0.1, 0.15) is 13.8 Å². The molecule has 0 unspecified atom stereocenters. The van der Waals surface area contributed by atoms with Gasteiger partial charge in [-0.1, -0.05) is 0 Å². The fourth-order valence-corrected chi connectivity index (χ4v) is 0.725. The molecule has 17 heavy (non-hydrogen) atoms. The molecule has 0 heterocycles. The van der Waals surface area contributed by atoms with Crippen LogP contribution in [-0.4, -0.2) is 29.3 Å². The SMILES string of the molecule is CC(=O)O/C(C=O)=C\C=C(/OC(C)=O)C(=O)O. The Morgan fingerprint density at radius 3 is 1.88 bits per heavy atom. The van der Waals surface area contributed by atoms with Crippen molar-refractivity contribution in [3.63, 3.8) is 0 Å². The van der Waals surface area contributed by atoms with E-state index in [0.29, 0.717) is 0 Å². The Kier molecular flexibility index (Phi) is 5.94. The summed E-state index contributed by atoms with van der Waals surface area (Å²) < 4.78 is 8.74. The van der Waals surface area contributed by atoms with Crippen molar-refractivity contribution >= 4 is 24.2 Å². The Labute approximate surface area is 96.3 Å². The molecule has 0 aromatic rings. The first kappa shape index (κ1) is 14.6. The van der Waals surface area contributed by atoms with E-state index in [4.69, 9.17) is 5.11 Å². The minimum Gasteiger partial charge on any atom is -0.475 e. The number of carbonyl (C=O) groups excluding carboxylic acids is 3. The summed E-state index contributed by atoms with van der Waals surface area (Å²) in [5.74, 6) is -4.15. The Morgan fingerprint density at radius 2 is 1.53 bits per heavy atom. The molecule has 0 aromatic heterocycles. The van der Waals surface area contributed by atoms with Gasteiger partial charge in [-0.15, -0.1) is 0 Å². The van der Waals surface area contributed by atoms with E-state index in [1.54, 1.807) is 0 Å². The van der Waals surface area contributed by atoms with E-state index >= 15 is 0 Å². The number of aldehydes is 1. The van der Waals surface area contributed by atoms with Gasteiger partial charge in [0.1, 0.15) is 0 Å². The third-order valence-corrected chi connectivity index (χ3v) is 1.24. The normalized spacial score (nSPS) is 11.6. The van der Waals surface area contributed by atoms with Crippen LogP contribution >= 0.6 is 0 Å². The van der Waals surface area contributed by atoms with Crippen LogP contribution in [0, 0.1) is 0 Å². The van der Waals surface area contributed by atoms with E-state index in [1.807, 2.05) is 0 Å². The maximum atomic E-state index is 10.6. The van der Waals surface area contributed by atoms with Gasteiger partial charge in [0.05, 0.1) is 0 Å². The molecule has 0 saturated carbocycles. The molecule has 1 N–H and O–H groups in total. The summed E-state index contributed by atoms with van der Waals surface area (Å²) >= 11 is 0. The average Bonchev–Trinajstić information content (AvgIpc) is 2.20. The first-order valence-corrected chi connectivity index (χ1v) is 4.34. The van der Waals surface area contributed by atoms with Crippen LogP contribution in [0.5, 0.6) is 0 Å². The van der Waals surface area contributed by atoms with E-state index in [1.165, 1.54) is 0 Å². The standard InChI is InChI=1S/C10H10O7/c1-6(12)16-8(5-11)3-4-9(10(14)15)17-7(2)13/h3-5H,1-2H3,(H,14,15)/b8-3-,9-4-. The molecule has 0 radical (unpaired) electrons. The molecule has 0 bridgehead atoms. The molecule has 0 saturated heterocycles.